The SMILES string of the molecule is CCNc1ncc(C)c(NC(C)c2ccc(Cl)cc2Cl)n1. The summed E-state index contributed by atoms with van der Waals surface area (Å²) in [4.78, 5) is 8.70. The topological polar surface area (TPSA) is 49.8 Å². The Morgan fingerprint density at radius 2 is 2.05 bits per heavy atom. The van der Waals surface area contributed by atoms with Crippen LogP contribution in [-0.4, -0.2) is 16.5 Å². The molecule has 0 bridgehead atoms. The molecule has 2 rings (SSSR count). The predicted octanol–water partition coefficient (Wildman–Crippen LogP) is 4.70. The fourth-order valence-electron chi connectivity index (χ4n) is 1.97. The van der Waals surface area contributed by atoms with Crippen molar-refractivity contribution in [3.05, 3.63) is 45.6 Å². The van der Waals surface area contributed by atoms with Gasteiger partial charge in [-0.05, 0) is 38.5 Å². The summed E-state index contributed by atoms with van der Waals surface area (Å²) in [6, 6.07) is 5.51. The van der Waals surface area contributed by atoms with Crippen LogP contribution in [0.25, 0.3) is 0 Å². The molecule has 0 saturated heterocycles. The van der Waals surface area contributed by atoms with Gasteiger partial charge in [0, 0.05) is 28.4 Å². The lowest BCUT2D eigenvalue weighted by Gasteiger charge is -2.18. The second-order valence-electron chi connectivity index (χ2n) is 4.79. The Kier molecular flexibility index (Phi) is 5.26. The summed E-state index contributed by atoms with van der Waals surface area (Å²) in [5.74, 6) is 1.40. The average Bonchev–Trinajstić information content (AvgIpc) is 2.42. The molecule has 21 heavy (non-hydrogen) atoms. The fraction of sp³-hybridized carbons (Fsp3) is 0.333. The number of nitrogens with zero attached hydrogens (tertiary/aromatic N) is 2. The summed E-state index contributed by atoms with van der Waals surface area (Å²) in [5.41, 5.74) is 1.96. The van der Waals surface area contributed by atoms with Crippen LogP contribution in [-0.2, 0) is 0 Å². The maximum absolute atomic E-state index is 6.24. The zero-order valence-corrected chi connectivity index (χ0v) is 13.8. The van der Waals surface area contributed by atoms with Gasteiger partial charge in [-0.3, -0.25) is 0 Å². The van der Waals surface area contributed by atoms with E-state index < -0.39 is 0 Å². The van der Waals surface area contributed by atoms with Gasteiger partial charge in [0.2, 0.25) is 5.95 Å². The maximum Gasteiger partial charge on any atom is 0.224 e. The molecular weight excluding hydrogens is 307 g/mol. The molecule has 1 atom stereocenters. The van der Waals surface area contributed by atoms with E-state index in [-0.39, 0.29) is 6.04 Å². The lowest BCUT2D eigenvalue weighted by Crippen LogP contribution is -2.12. The van der Waals surface area contributed by atoms with E-state index >= 15 is 0 Å². The van der Waals surface area contributed by atoms with E-state index in [9.17, 15) is 0 Å². The van der Waals surface area contributed by atoms with Gasteiger partial charge < -0.3 is 10.6 Å². The van der Waals surface area contributed by atoms with Gasteiger partial charge in [-0.2, -0.15) is 4.98 Å². The Morgan fingerprint density at radius 1 is 1.29 bits per heavy atom. The van der Waals surface area contributed by atoms with Crippen molar-refractivity contribution in [2.75, 3.05) is 17.2 Å². The molecule has 0 saturated carbocycles. The quantitative estimate of drug-likeness (QED) is 0.837. The smallest absolute Gasteiger partial charge is 0.224 e. The third-order valence-corrected chi connectivity index (χ3v) is 3.65. The van der Waals surface area contributed by atoms with E-state index in [2.05, 4.69) is 20.6 Å². The van der Waals surface area contributed by atoms with Gasteiger partial charge in [0.25, 0.3) is 0 Å². The minimum Gasteiger partial charge on any atom is -0.363 e. The first-order chi connectivity index (χ1) is 10.0. The second-order valence-corrected chi connectivity index (χ2v) is 5.63. The van der Waals surface area contributed by atoms with Crippen LogP contribution in [0.1, 0.15) is 31.0 Å². The number of rotatable bonds is 5. The standard InChI is InChI=1S/C15H18Cl2N4/c1-4-18-15-19-8-9(2)14(21-15)20-10(3)12-6-5-11(16)7-13(12)17/h5-8,10H,4H2,1-3H3,(H2,18,19,20,21). The normalized spacial score (nSPS) is 12.0. The number of aromatic nitrogens is 2. The van der Waals surface area contributed by atoms with Crippen molar-refractivity contribution in [2.24, 2.45) is 0 Å². The monoisotopic (exact) mass is 324 g/mol. The second kappa shape index (κ2) is 6.96. The van der Waals surface area contributed by atoms with Gasteiger partial charge in [-0.1, -0.05) is 29.3 Å². The summed E-state index contributed by atoms with van der Waals surface area (Å²) < 4.78 is 0. The molecule has 0 spiro atoms. The molecule has 1 aromatic carbocycles. The summed E-state index contributed by atoms with van der Waals surface area (Å²) in [5, 5.41) is 7.74. The molecule has 0 radical (unpaired) electrons. The molecule has 2 aromatic rings. The van der Waals surface area contributed by atoms with Gasteiger partial charge in [-0.25, -0.2) is 4.98 Å². The first kappa shape index (κ1) is 15.9. The van der Waals surface area contributed by atoms with Crippen molar-refractivity contribution in [1.29, 1.82) is 0 Å². The molecule has 6 heteroatoms. The minimum absolute atomic E-state index is 0.0119. The number of anilines is 2. The number of hydrogen-bond donors (Lipinski definition) is 2. The molecule has 0 amide bonds. The largest absolute Gasteiger partial charge is 0.363 e. The molecule has 0 fully saturated rings. The van der Waals surface area contributed by atoms with Gasteiger partial charge in [0.05, 0.1) is 6.04 Å². The number of halogens is 2. The van der Waals surface area contributed by atoms with Crippen LogP contribution >= 0.6 is 23.2 Å². The van der Waals surface area contributed by atoms with Gasteiger partial charge in [0.1, 0.15) is 5.82 Å². The molecule has 112 valence electrons. The highest BCUT2D eigenvalue weighted by Crippen LogP contribution is 2.28. The molecule has 1 aromatic heterocycles. The van der Waals surface area contributed by atoms with Crippen LogP contribution in [0.3, 0.4) is 0 Å². The molecule has 0 aliphatic rings. The summed E-state index contributed by atoms with van der Waals surface area (Å²) in [6.07, 6.45) is 1.80. The van der Waals surface area contributed by atoms with Crippen LogP contribution in [0.2, 0.25) is 10.0 Å². The van der Waals surface area contributed by atoms with E-state index in [0.717, 1.165) is 23.5 Å². The van der Waals surface area contributed by atoms with Crippen LogP contribution < -0.4 is 10.6 Å². The maximum atomic E-state index is 6.24. The van der Waals surface area contributed by atoms with Gasteiger partial charge >= 0.3 is 0 Å². The summed E-state index contributed by atoms with van der Waals surface area (Å²) in [7, 11) is 0. The zero-order valence-electron chi connectivity index (χ0n) is 12.2. The Labute approximate surface area is 134 Å². The number of benzene rings is 1. The fourth-order valence-corrected chi connectivity index (χ4v) is 2.54. The lowest BCUT2D eigenvalue weighted by atomic mass is 10.1. The molecule has 0 aliphatic carbocycles. The van der Waals surface area contributed by atoms with Crippen LogP contribution in [0.4, 0.5) is 11.8 Å². The Hall–Kier alpha value is -1.52. The highest BCUT2D eigenvalue weighted by atomic mass is 35.5. The first-order valence-electron chi connectivity index (χ1n) is 6.80. The van der Waals surface area contributed by atoms with E-state index in [4.69, 9.17) is 23.2 Å². The predicted molar refractivity (Wildman–Crippen MR) is 89.4 cm³/mol. The number of nitrogens with one attached hydrogen (secondary N) is 2. The molecule has 1 unspecified atom stereocenters. The van der Waals surface area contributed by atoms with Crippen molar-refractivity contribution in [3.8, 4) is 0 Å². The number of hydrogen-bond acceptors (Lipinski definition) is 4. The van der Waals surface area contributed by atoms with Crippen LogP contribution in [0.15, 0.2) is 24.4 Å². The summed E-state index contributed by atoms with van der Waals surface area (Å²) >= 11 is 12.2. The van der Waals surface area contributed by atoms with Crippen LogP contribution in [0.5, 0.6) is 0 Å². The van der Waals surface area contributed by atoms with E-state index in [1.165, 1.54) is 0 Å². The Balaban J connectivity index is 2.22. The van der Waals surface area contributed by atoms with E-state index in [1.807, 2.05) is 32.9 Å². The van der Waals surface area contributed by atoms with Crippen molar-refractivity contribution >= 4 is 35.0 Å². The molecule has 2 N–H and O–H groups in total. The summed E-state index contributed by atoms with van der Waals surface area (Å²) in [6.45, 7) is 6.78. The molecule has 0 aliphatic heterocycles. The van der Waals surface area contributed by atoms with Crippen molar-refractivity contribution in [3.63, 3.8) is 0 Å². The third-order valence-electron chi connectivity index (χ3n) is 3.09. The van der Waals surface area contributed by atoms with E-state index in [1.54, 1.807) is 12.3 Å². The molecule has 4 nitrogen and oxygen atoms in total. The highest BCUT2D eigenvalue weighted by molar-refractivity contribution is 6.35. The van der Waals surface area contributed by atoms with Crippen molar-refractivity contribution in [2.45, 2.75) is 26.8 Å². The minimum atomic E-state index is 0.0119. The highest BCUT2D eigenvalue weighted by Gasteiger charge is 2.12. The zero-order chi connectivity index (χ0) is 15.4. The molecule has 1 heterocycles. The van der Waals surface area contributed by atoms with Gasteiger partial charge in [-0.15, -0.1) is 0 Å². The Morgan fingerprint density at radius 3 is 2.71 bits per heavy atom. The number of aryl methyl sites for hydroxylation is 1. The Bertz CT molecular complexity index is 631. The lowest BCUT2D eigenvalue weighted by molar-refractivity contribution is 0.868. The van der Waals surface area contributed by atoms with Gasteiger partial charge in [0.15, 0.2) is 0 Å². The van der Waals surface area contributed by atoms with Crippen molar-refractivity contribution in [1.82, 2.24) is 9.97 Å². The first-order valence-corrected chi connectivity index (χ1v) is 7.55. The van der Waals surface area contributed by atoms with E-state index in [0.29, 0.717) is 16.0 Å². The average molecular weight is 325 g/mol. The van der Waals surface area contributed by atoms with Crippen molar-refractivity contribution < 1.29 is 0 Å². The van der Waals surface area contributed by atoms with Crippen LogP contribution in [0, 0.1) is 6.92 Å². The third kappa shape index (κ3) is 3.99. The molecular formula is C15H18Cl2N4.